The minimum absolute atomic E-state index is 0.0324. The predicted octanol–water partition coefficient (Wildman–Crippen LogP) is -0.0380. The molecule has 0 aromatic rings. The second-order valence-corrected chi connectivity index (χ2v) is 2.35. The lowest BCUT2D eigenvalue weighted by molar-refractivity contribution is 0.238. The second kappa shape index (κ2) is 2.79. The Balaban J connectivity index is 2.62. The Labute approximate surface area is 59.7 Å². The van der Waals surface area contributed by atoms with Gasteiger partial charge >= 0.3 is 6.03 Å². The number of nitrogens with zero attached hydrogens (tertiary/aromatic N) is 1. The van der Waals surface area contributed by atoms with Crippen LogP contribution < -0.4 is 10.6 Å². The molecule has 0 bridgehead atoms. The molecule has 2 unspecified atom stereocenters. The topological polar surface area (TPSA) is 53.5 Å². The Morgan fingerprint density at radius 1 is 1.80 bits per heavy atom. The van der Waals surface area contributed by atoms with Crippen molar-refractivity contribution in [2.45, 2.75) is 13.1 Å². The molecule has 56 valence electrons. The van der Waals surface area contributed by atoms with Crippen molar-refractivity contribution in [3.05, 3.63) is 0 Å². The Morgan fingerprint density at radius 2 is 2.50 bits per heavy atom. The van der Waals surface area contributed by atoms with Gasteiger partial charge in [0.05, 0.1) is 6.17 Å². The molecule has 0 saturated carbocycles. The highest BCUT2D eigenvalue weighted by atomic mass is 16.2. The fourth-order valence-corrected chi connectivity index (χ4v) is 0.908. The van der Waals surface area contributed by atoms with Crippen LogP contribution >= 0.6 is 0 Å². The van der Waals surface area contributed by atoms with Gasteiger partial charge in [-0.3, -0.25) is 5.32 Å². The largest absolute Gasteiger partial charge is 0.341 e. The van der Waals surface area contributed by atoms with E-state index < -0.39 is 0 Å². The molecule has 4 nitrogen and oxygen atoms in total. The van der Waals surface area contributed by atoms with E-state index in [0.717, 1.165) is 0 Å². The van der Waals surface area contributed by atoms with Gasteiger partial charge in [0.2, 0.25) is 0 Å². The molecule has 0 saturated heterocycles. The summed E-state index contributed by atoms with van der Waals surface area (Å²) in [5.41, 5.74) is 0. The Hall–Kier alpha value is -0.900. The SMILES string of the molecule is CNC1NC(=O)N=CC1C. The number of aliphatic imine (C=N–C) groups is 1. The molecule has 2 atom stereocenters. The molecule has 2 N–H and O–H groups in total. The maximum atomic E-state index is 10.6. The van der Waals surface area contributed by atoms with Crippen LogP contribution in [0.25, 0.3) is 0 Å². The van der Waals surface area contributed by atoms with Gasteiger partial charge in [-0.05, 0) is 7.05 Å². The standard InChI is InChI=1S/C6H11N3O/c1-4-3-8-6(10)9-5(4)7-2/h3-5,7H,1-2H3,(H,9,10). The number of hydrogen-bond donors (Lipinski definition) is 2. The van der Waals surface area contributed by atoms with Crippen molar-refractivity contribution in [2.24, 2.45) is 10.9 Å². The van der Waals surface area contributed by atoms with Gasteiger partial charge in [0.15, 0.2) is 0 Å². The lowest BCUT2D eigenvalue weighted by Gasteiger charge is -2.23. The molecule has 0 aromatic heterocycles. The number of rotatable bonds is 1. The average Bonchev–Trinajstić information content (AvgIpc) is 1.94. The van der Waals surface area contributed by atoms with E-state index in [1.807, 2.05) is 6.92 Å². The van der Waals surface area contributed by atoms with Gasteiger partial charge in [0, 0.05) is 12.1 Å². The van der Waals surface area contributed by atoms with Crippen molar-refractivity contribution in [3.8, 4) is 0 Å². The summed E-state index contributed by atoms with van der Waals surface area (Å²) in [7, 11) is 1.81. The number of carbonyl (C=O) groups excluding carboxylic acids is 1. The number of urea groups is 1. The van der Waals surface area contributed by atoms with Crippen molar-refractivity contribution in [3.63, 3.8) is 0 Å². The van der Waals surface area contributed by atoms with Crippen LogP contribution in [0.15, 0.2) is 4.99 Å². The molecule has 1 heterocycles. The molecule has 0 fully saturated rings. The molecule has 0 spiro atoms. The molecule has 2 amide bonds. The van der Waals surface area contributed by atoms with E-state index in [9.17, 15) is 4.79 Å². The van der Waals surface area contributed by atoms with Crippen LogP contribution in [0.4, 0.5) is 4.79 Å². The average molecular weight is 141 g/mol. The minimum atomic E-state index is -0.266. The predicted molar refractivity (Wildman–Crippen MR) is 39.0 cm³/mol. The number of amides is 2. The molecule has 0 radical (unpaired) electrons. The zero-order valence-electron chi connectivity index (χ0n) is 6.09. The lowest BCUT2D eigenvalue weighted by atomic mass is 10.1. The first-order valence-corrected chi connectivity index (χ1v) is 3.26. The van der Waals surface area contributed by atoms with Crippen molar-refractivity contribution in [1.29, 1.82) is 0 Å². The Kier molecular flexibility index (Phi) is 2.01. The summed E-state index contributed by atoms with van der Waals surface area (Å²) in [6.07, 6.45) is 1.69. The molecule has 0 aliphatic carbocycles. The molecule has 10 heavy (non-hydrogen) atoms. The summed E-state index contributed by atoms with van der Waals surface area (Å²) >= 11 is 0. The smallest absolute Gasteiger partial charge is 0.320 e. The third-order valence-electron chi connectivity index (χ3n) is 1.54. The van der Waals surface area contributed by atoms with E-state index in [1.165, 1.54) is 0 Å². The molecule has 4 heteroatoms. The van der Waals surface area contributed by atoms with Gasteiger partial charge in [0.25, 0.3) is 0 Å². The summed E-state index contributed by atoms with van der Waals surface area (Å²) in [6.45, 7) is 1.99. The van der Waals surface area contributed by atoms with Crippen LogP contribution in [-0.4, -0.2) is 25.5 Å². The van der Waals surface area contributed by atoms with Crippen LogP contribution in [0.1, 0.15) is 6.92 Å². The summed E-state index contributed by atoms with van der Waals surface area (Å²) in [6, 6.07) is -0.266. The fourth-order valence-electron chi connectivity index (χ4n) is 0.908. The first-order chi connectivity index (χ1) is 4.74. The van der Waals surface area contributed by atoms with E-state index in [0.29, 0.717) is 0 Å². The summed E-state index contributed by atoms with van der Waals surface area (Å²) in [4.78, 5) is 14.2. The summed E-state index contributed by atoms with van der Waals surface area (Å²) in [5, 5.41) is 5.63. The lowest BCUT2D eigenvalue weighted by Crippen LogP contribution is -2.50. The molecule has 0 aromatic carbocycles. The highest BCUT2D eigenvalue weighted by Crippen LogP contribution is 2.01. The summed E-state index contributed by atoms with van der Waals surface area (Å²) < 4.78 is 0. The Morgan fingerprint density at radius 3 is 3.00 bits per heavy atom. The highest BCUT2D eigenvalue weighted by molar-refractivity contribution is 5.87. The minimum Gasteiger partial charge on any atom is -0.320 e. The fraction of sp³-hybridized carbons (Fsp3) is 0.667. The van der Waals surface area contributed by atoms with Gasteiger partial charge in [-0.2, -0.15) is 0 Å². The monoisotopic (exact) mass is 141 g/mol. The first kappa shape index (κ1) is 7.21. The highest BCUT2D eigenvalue weighted by Gasteiger charge is 2.19. The van der Waals surface area contributed by atoms with E-state index in [2.05, 4.69) is 15.6 Å². The van der Waals surface area contributed by atoms with E-state index in [4.69, 9.17) is 0 Å². The van der Waals surface area contributed by atoms with Gasteiger partial charge in [0.1, 0.15) is 0 Å². The van der Waals surface area contributed by atoms with Gasteiger partial charge in [-0.1, -0.05) is 6.92 Å². The van der Waals surface area contributed by atoms with Crippen molar-refractivity contribution in [2.75, 3.05) is 7.05 Å². The van der Waals surface area contributed by atoms with Crippen LogP contribution in [0.5, 0.6) is 0 Å². The third-order valence-corrected chi connectivity index (χ3v) is 1.54. The van der Waals surface area contributed by atoms with Crippen molar-refractivity contribution in [1.82, 2.24) is 10.6 Å². The van der Waals surface area contributed by atoms with E-state index >= 15 is 0 Å². The summed E-state index contributed by atoms with van der Waals surface area (Å²) in [5.74, 6) is 0.266. The maximum absolute atomic E-state index is 10.6. The quantitative estimate of drug-likeness (QED) is 0.538. The van der Waals surface area contributed by atoms with Crippen LogP contribution in [0.2, 0.25) is 0 Å². The Bertz CT molecular complexity index is 166. The van der Waals surface area contributed by atoms with E-state index in [-0.39, 0.29) is 18.1 Å². The third kappa shape index (κ3) is 1.33. The normalized spacial score (nSPS) is 32.0. The molecule has 1 rings (SSSR count). The van der Waals surface area contributed by atoms with Gasteiger partial charge < -0.3 is 5.32 Å². The molecular weight excluding hydrogens is 130 g/mol. The number of nitrogens with one attached hydrogen (secondary N) is 2. The maximum Gasteiger partial charge on any atom is 0.341 e. The molecule has 1 aliphatic heterocycles. The van der Waals surface area contributed by atoms with Gasteiger partial charge in [-0.15, -0.1) is 0 Å². The van der Waals surface area contributed by atoms with E-state index in [1.54, 1.807) is 13.3 Å². The first-order valence-electron chi connectivity index (χ1n) is 3.26. The van der Waals surface area contributed by atoms with Crippen LogP contribution in [0.3, 0.4) is 0 Å². The number of hydrogen-bond acceptors (Lipinski definition) is 2. The number of carbonyl (C=O) groups is 1. The zero-order valence-corrected chi connectivity index (χ0v) is 6.09. The second-order valence-electron chi connectivity index (χ2n) is 2.35. The van der Waals surface area contributed by atoms with Crippen LogP contribution in [-0.2, 0) is 0 Å². The van der Waals surface area contributed by atoms with Crippen molar-refractivity contribution >= 4 is 12.2 Å². The molecule has 1 aliphatic rings. The molecular formula is C6H11N3O. The zero-order chi connectivity index (χ0) is 7.56. The van der Waals surface area contributed by atoms with Crippen LogP contribution in [0, 0.1) is 5.92 Å². The van der Waals surface area contributed by atoms with Crippen molar-refractivity contribution < 1.29 is 4.79 Å². The van der Waals surface area contributed by atoms with Gasteiger partial charge in [-0.25, -0.2) is 9.79 Å².